The predicted octanol–water partition coefficient (Wildman–Crippen LogP) is 3.13. The van der Waals surface area contributed by atoms with Crippen molar-refractivity contribution in [3.05, 3.63) is 29.6 Å². The van der Waals surface area contributed by atoms with Crippen LogP contribution in [0.5, 0.6) is 0 Å². The summed E-state index contributed by atoms with van der Waals surface area (Å²) in [5.74, 6) is -0.501. The molecule has 0 unspecified atom stereocenters. The molecule has 0 bridgehead atoms. The van der Waals surface area contributed by atoms with Crippen molar-refractivity contribution in [3.63, 3.8) is 0 Å². The van der Waals surface area contributed by atoms with Gasteiger partial charge in [0.05, 0.1) is 11.3 Å². The van der Waals surface area contributed by atoms with Gasteiger partial charge < -0.3 is 10.2 Å². The molecule has 1 amide bonds. The van der Waals surface area contributed by atoms with Crippen molar-refractivity contribution in [2.24, 2.45) is 0 Å². The van der Waals surface area contributed by atoms with E-state index in [0.717, 1.165) is 12.8 Å². The molecule has 0 saturated heterocycles. The molecule has 18 heavy (non-hydrogen) atoms. The molecule has 1 N–H and O–H groups in total. The first kappa shape index (κ1) is 14.5. The van der Waals surface area contributed by atoms with Gasteiger partial charge in [0.15, 0.2) is 0 Å². The first-order valence-corrected chi connectivity index (χ1v) is 6.41. The minimum atomic E-state index is -0.392. The number of nitrogens with one attached hydrogen (secondary N) is 1. The van der Waals surface area contributed by atoms with Crippen molar-refractivity contribution in [2.75, 3.05) is 25.5 Å². The molecular weight excluding hydrogens is 231 g/mol. The van der Waals surface area contributed by atoms with E-state index in [2.05, 4.69) is 5.32 Å². The minimum absolute atomic E-state index is 0.109. The van der Waals surface area contributed by atoms with Crippen molar-refractivity contribution in [3.8, 4) is 0 Å². The maximum Gasteiger partial charge on any atom is 0.256 e. The number of rotatable bonds is 6. The average molecular weight is 252 g/mol. The number of benzene rings is 1. The first-order chi connectivity index (χ1) is 8.65. The highest BCUT2D eigenvalue weighted by Gasteiger charge is 2.19. The monoisotopic (exact) mass is 252 g/mol. The van der Waals surface area contributed by atoms with E-state index in [9.17, 15) is 9.18 Å². The normalized spacial score (nSPS) is 10.2. The summed E-state index contributed by atoms with van der Waals surface area (Å²) < 4.78 is 13.6. The van der Waals surface area contributed by atoms with Gasteiger partial charge in [0.1, 0.15) is 5.82 Å². The molecule has 0 aliphatic rings. The molecule has 0 spiro atoms. The summed E-state index contributed by atoms with van der Waals surface area (Å²) in [6.07, 6.45) is 1.80. The third kappa shape index (κ3) is 3.22. The van der Waals surface area contributed by atoms with Crippen molar-refractivity contribution >= 4 is 11.6 Å². The zero-order valence-corrected chi connectivity index (χ0v) is 11.3. The molecule has 0 aliphatic heterocycles. The van der Waals surface area contributed by atoms with Crippen molar-refractivity contribution in [1.29, 1.82) is 0 Å². The first-order valence-electron chi connectivity index (χ1n) is 6.41. The highest BCUT2D eigenvalue weighted by molar-refractivity contribution is 5.99. The smallest absolute Gasteiger partial charge is 0.256 e. The van der Waals surface area contributed by atoms with Crippen LogP contribution in [0.3, 0.4) is 0 Å². The van der Waals surface area contributed by atoms with Gasteiger partial charge in [-0.25, -0.2) is 4.39 Å². The van der Waals surface area contributed by atoms with E-state index in [-0.39, 0.29) is 11.6 Å². The number of para-hydroxylation sites is 1. The van der Waals surface area contributed by atoms with Crippen LogP contribution >= 0.6 is 0 Å². The van der Waals surface area contributed by atoms with Crippen molar-refractivity contribution in [2.45, 2.75) is 26.7 Å². The van der Waals surface area contributed by atoms with Gasteiger partial charge in [-0.3, -0.25) is 4.79 Å². The lowest BCUT2D eigenvalue weighted by Crippen LogP contribution is -2.33. The zero-order chi connectivity index (χ0) is 13.5. The highest BCUT2D eigenvalue weighted by atomic mass is 19.1. The Morgan fingerprint density at radius 3 is 2.39 bits per heavy atom. The van der Waals surface area contributed by atoms with Gasteiger partial charge in [-0.1, -0.05) is 19.9 Å². The van der Waals surface area contributed by atoms with Crippen LogP contribution in [-0.2, 0) is 0 Å². The van der Waals surface area contributed by atoms with E-state index in [0.29, 0.717) is 18.7 Å². The molecule has 100 valence electrons. The Labute approximate surface area is 108 Å². The van der Waals surface area contributed by atoms with Gasteiger partial charge in [-0.2, -0.15) is 0 Å². The Balaban J connectivity index is 3.04. The molecular formula is C14H21FN2O. The number of hydrogen-bond acceptors (Lipinski definition) is 2. The molecule has 0 aliphatic carbocycles. The van der Waals surface area contributed by atoms with E-state index in [1.807, 2.05) is 13.8 Å². The van der Waals surface area contributed by atoms with Crippen LogP contribution < -0.4 is 5.32 Å². The summed E-state index contributed by atoms with van der Waals surface area (Å²) in [4.78, 5) is 14.1. The Bertz CT molecular complexity index is 401. The van der Waals surface area contributed by atoms with Crippen LogP contribution in [0.15, 0.2) is 18.2 Å². The third-order valence-electron chi connectivity index (χ3n) is 2.77. The number of anilines is 1. The molecule has 0 aromatic heterocycles. The molecule has 0 fully saturated rings. The van der Waals surface area contributed by atoms with Crippen LogP contribution in [-0.4, -0.2) is 30.9 Å². The lowest BCUT2D eigenvalue weighted by Gasteiger charge is -2.22. The molecule has 4 heteroatoms. The average Bonchev–Trinajstić information content (AvgIpc) is 2.37. The summed E-state index contributed by atoms with van der Waals surface area (Å²) in [6.45, 7) is 5.46. The van der Waals surface area contributed by atoms with E-state index in [1.54, 1.807) is 24.1 Å². The second-order valence-electron chi connectivity index (χ2n) is 4.20. The summed E-state index contributed by atoms with van der Waals surface area (Å²) in [6, 6.07) is 4.58. The number of hydrogen-bond donors (Lipinski definition) is 1. The number of halogens is 1. The van der Waals surface area contributed by atoms with E-state index >= 15 is 0 Å². The Kier molecular flexibility index (Phi) is 5.62. The predicted molar refractivity (Wildman–Crippen MR) is 72.4 cm³/mol. The lowest BCUT2D eigenvalue weighted by atomic mass is 10.1. The van der Waals surface area contributed by atoms with Crippen LogP contribution in [0.2, 0.25) is 0 Å². The Morgan fingerprint density at radius 2 is 1.89 bits per heavy atom. The highest BCUT2D eigenvalue weighted by Crippen LogP contribution is 2.21. The quantitative estimate of drug-likeness (QED) is 0.843. The lowest BCUT2D eigenvalue weighted by molar-refractivity contribution is 0.0756. The van der Waals surface area contributed by atoms with Crippen LogP contribution in [0.1, 0.15) is 37.0 Å². The van der Waals surface area contributed by atoms with Gasteiger partial charge in [0.25, 0.3) is 5.91 Å². The van der Waals surface area contributed by atoms with Crippen LogP contribution in [0, 0.1) is 5.82 Å². The molecule has 1 aromatic rings. The molecule has 0 radical (unpaired) electrons. The van der Waals surface area contributed by atoms with Gasteiger partial charge in [0, 0.05) is 20.1 Å². The molecule has 0 saturated carbocycles. The molecule has 1 aromatic carbocycles. The maximum atomic E-state index is 13.6. The Hall–Kier alpha value is -1.58. The molecule has 0 atom stereocenters. The number of carbonyl (C=O) groups is 1. The fraction of sp³-hybridized carbons (Fsp3) is 0.500. The summed E-state index contributed by atoms with van der Waals surface area (Å²) >= 11 is 0. The number of nitrogens with zero attached hydrogens (tertiary/aromatic N) is 1. The summed E-state index contributed by atoms with van der Waals surface area (Å²) in [7, 11) is 1.62. The fourth-order valence-corrected chi connectivity index (χ4v) is 1.98. The molecule has 1 rings (SSSR count). The Morgan fingerprint density at radius 1 is 1.28 bits per heavy atom. The van der Waals surface area contributed by atoms with Gasteiger partial charge in [-0.15, -0.1) is 0 Å². The van der Waals surface area contributed by atoms with Crippen LogP contribution in [0.25, 0.3) is 0 Å². The van der Waals surface area contributed by atoms with Gasteiger partial charge in [0.2, 0.25) is 0 Å². The van der Waals surface area contributed by atoms with E-state index in [4.69, 9.17) is 0 Å². The topological polar surface area (TPSA) is 32.3 Å². The molecule has 3 nitrogen and oxygen atoms in total. The second kappa shape index (κ2) is 6.99. The number of amides is 1. The fourth-order valence-electron chi connectivity index (χ4n) is 1.98. The summed E-state index contributed by atoms with van der Waals surface area (Å²) in [5.41, 5.74) is 0.680. The van der Waals surface area contributed by atoms with Gasteiger partial charge in [-0.05, 0) is 25.0 Å². The third-order valence-corrected chi connectivity index (χ3v) is 2.77. The standard InChI is InChI=1S/C14H21FN2O/c1-4-9-17(10-5-2)14(18)11-7-6-8-12(15)13(11)16-3/h6-8,16H,4-5,9-10H2,1-3H3. The summed E-state index contributed by atoms with van der Waals surface area (Å²) in [5, 5.41) is 2.76. The second-order valence-corrected chi connectivity index (χ2v) is 4.20. The van der Waals surface area contributed by atoms with E-state index < -0.39 is 5.82 Å². The van der Waals surface area contributed by atoms with Crippen molar-refractivity contribution in [1.82, 2.24) is 4.90 Å². The zero-order valence-electron chi connectivity index (χ0n) is 11.3. The minimum Gasteiger partial charge on any atom is -0.385 e. The molecule has 0 heterocycles. The van der Waals surface area contributed by atoms with Gasteiger partial charge >= 0.3 is 0 Å². The van der Waals surface area contributed by atoms with Crippen molar-refractivity contribution < 1.29 is 9.18 Å². The SMILES string of the molecule is CCCN(CCC)C(=O)c1cccc(F)c1NC. The number of carbonyl (C=O) groups excluding carboxylic acids is 1. The van der Waals surface area contributed by atoms with E-state index in [1.165, 1.54) is 6.07 Å². The maximum absolute atomic E-state index is 13.6. The largest absolute Gasteiger partial charge is 0.385 e. The van der Waals surface area contributed by atoms with Crippen LogP contribution in [0.4, 0.5) is 10.1 Å².